The third kappa shape index (κ3) is 3.31. The molecule has 1 fully saturated rings. The lowest BCUT2D eigenvalue weighted by Gasteiger charge is -2.31. The molecule has 0 spiro atoms. The normalized spacial score (nSPS) is 17.5. The molecular weight excluding hydrogens is 325 g/mol. The minimum atomic E-state index is -3.37. The van der Waals surface area contributed by atoms with Crippen LogP contribution in [0.3, 0.4) is 0 Å². The zero-order chi connectivity index (χ0) is 15.6. The van der Waals surface area contributed by atoms with Crippen molar-refractivity contribution >= 4 is 21.4 Å². The number of hydrogen-bond acceptors (Lipinski definition) is 4. The molecule has 1 saturated heterocycles. The van der Waals surface area contributed by atoms with Gasteiger partial charge < -0.3 is 4.74 Å². The molecule has 0 unspecified atom stereocenters. The lowest BCUT2D eigenvalue weighted by Crippen LogP contribution is -2.41. The molecule has 0 atom stereocenters. The van der Waals surface area contributed by atoms with Crippen molar-refractivity contribution in [1.29, 1.82) is 0 Å². The molecule has 3 rings (SSSR count). The van der Waals surface area contributed by atoms with Crippen molar-refractivity contribution in [3.05, 3.63) is 47.6 Å². The van der Waals surface area contributed by atoms with E-state index in [1.807, 2.05) is 0 Å². The van der Waals surface area contributed by atoms with E-state index in [-0.39, 0.29) is 11.9 Å². The van der Waals surface area contributed by atoms with Gasteiger partial charge in [-0.3, -0.25) is 0 Å². The Morgan fingerprint density at radius 1 is 1.14 bits per heavy atom. The number of rotatable bonds is 4. The number of benzene rings is 1. The molecule has 2 heterocycles. The van der Waals surface area contributed by atoms with Crippen LogP contribution in [0.1, 0.15) is 12.8 Å². The van der Waals surface area contributed by atoms with Crippen molar-refractivity contribution in [3.63, 3.8) is 0 Å². The fourth-order valence-corrected chi connectivity index (χ4v) is 5.05. The van der Waals surface area contributed by atoms with Crippen LogP contribution in [0.15, 0.2) is 46.0 Å². The summed E-state index contributed by atoms with van der Waals surface area (Å²) < 4.78 is 45.3. The predicted octanol–water partition coefficient (Wildman–Crippen LogP) is 3.12. The van der Waals surface area contributed by atoms with Crippen molar-refractivity contribution < 1.29 is 17.5 Å². The number of piperidine rings is 1. The maximum absolute atomic E-state index is 12.9. The van der Waals surface area contributed by atoms with Gasteiger partial charge in [0.25, 0.3) is 10.0 Å². The first-order chi connectivity index (χ1) is 10.6. The Bertz CT molecular complexity index is 706. The van der Waals surface area contributed by atoms with Gasteiger partial charge >= 0.3 is 0 Å². The van der Waals surface area contributed by atoms with E-state index >= 15 is 0 Å². The Morgan fingerprint density at radius 3 is 2.41 bits per heavy atom. The summed E-state index contributed by atoms with van der Waals surface area (Å²) in [5.41, 5.74) is 0. The molecule has 7 heteroatoms. The highest BCUT2D eigenvalue weighted by Gasteiger charge is 2.30. The molecule has 1 aromatic carbocycles. The number of sulfonamides is 1. The molecule has 0 bridgehead atoms. The number of ether oxygens (including phenoxy) is 1. The smallest absolute Gasteiger partial charge is 0.252 e. The summed E-state index contributed by atoms with van der Waals surface area (Å²) in [5, 5.41) is 1.76. The van der Waals surface area contributed by atoms with Gasteiger partial charge in [0.05, 0.1) is 0 Å². The fourth-order valence-electron chi connectivity index (χ4n) is 2.43. The van der Waals surface area contributed by atoms with E-state index in [0.29, 0.717) is 35.9 Å². The molecule has 1 aliphatic rings. The van der Waals surface area contributed by atoms with Crippen LogP contribution in [-0.4, -0.2) is 31.9 Å². The number of thiophene rings is 1. The Hall–Kier alpha value is -1.44. The Kier molecular flexibility index (Phi) is 4.46. The second-order valence-corrected chi connectivity index (χ2v) is 8.22. The summed E-state index contributed by atoms with van der Waals surface area (Å²) in [6.07, 6.45) is 1.21. The summed E-state index contributed by atoms with van der Waals surface area (Å²) in [5.74, 6) is 0.310. The molecule has 0 radical (unpaired) electrons. The zero-order valence-corrected chi connectivity index (χ0v) is 13.4. The van der Waals surface area contributed by atoms with Crippen molar-refractivity contribution in [2.45, 2.75) is 23.2 Å². The van der Waals surface area contributed by atoms with E-state index in [9.17, 15) is 12.8 Å². The number of hydrogen-bond donors (Lipinski definition) is 0. The van der Waals surface area contributed by atoms with Gasteiger partial charge in [-0.05, 0) is 48.6 Å². The minimum absolute atomic E-state index is 0.0414. The van der Waals surface area contributed by atoms with Gasteiger partial charge in [-0.25, -0.2) is 12.8 Å². The van der Waals surface area contributed by atoms with Crippen LogP contribution < -0.4 is 4.74 Å². The van der Waals surface area contributed by atoms with Gasteiger partial charge in [0.2, 0.25) is 0 Å². The van der Waals surface area contributed by atoms with Crippen molar-refractivity contribution in [2.24, 2.45) is 0 Å². The fraction of sp³-hybridized carbons (Fsp3) is 0.333. The molecule has 0 aliphatic carbocycles. The van der Waals surface area contributed by atoms with Crippen molar-refractivity contribution in [1.82, 2.24) is 4.31 Å². The summed E-state index contributed by atoms with van der Waals surface area (Å²) in [4.78, 5) is 0. The highest BCUT2D eigenvalue weighted by atomic mass is 32.2. The SMILES string of the molecule is O=S(=O)(c1cccs1)N1CCC(Oc2ccc(F)cc2)CC1. The van der Waals surface area contributed by atoms with Crippen LogP contribution in [0, 0.1) is 5.82 Å². The van der Waals surface area contributed by atoms with E-state index < -0.39 is 10.0 Å². The third-order valence-corrected chi connectivity index (χ3v) is 6.88. The largest absolute Gasteiger partial charge is 0.490 e. The van der Waals surface area contributed by atoms with Gasteiger partial charge in [0.15, 0.2) is 0 Å². The zero-order valence-electron chi connectivity index (χ0n) is 11.8. The van der Waals surface area contributed by atoms with Crippen LogP contribution in [-0.2, 0) is 10.0 Å². The van der Waals surface area contributed by atoms with E-state index in [2.05, 4.69) is 0 Å². The highest BCUT2D eigenvalue weighted by Crippen LogP contribution is 2.26. The second kappa shape index (κ2) is 6.36. The average Bonchev–Trinajstić information content (AvgIpc) is 3.05. The van der Waals surface area contributed by atoms with Gasteiger partial charge in [0.1, 0.15) is 21.9 Å². The molecule has 1 aliphatic heterocycles. The molecule has 0 saturated carbocycles. The summed E-state index contributed by atoms with van der Waals surface area (Å²) >= 11 is 1.23. The standard InChI is InChI=1S/C15H16FNO3S2/c16-12-3-5-13(6-4-12)20-14-7-9-17(10-8-14)22(18,19)15-2-1-11-21-15/h1-6,11,14H,7-10H2. The van der Waals surface area contributed by atoms with E-state index in [1.165, 1.54) is 27.8 Å². The van der Waals surface area contributed by atoms with E-state index in [0.717, 1.165) is 0 Å². The number of halogens is 1. The minimum Gasteiger partial charge on any atom is -0.490 e. The van der Waals surface area contributed by atoms with E-state index in [4.69, 9.17) is 4.74 Å². The van der Waals surface area contributed by atoms with E-state index in [1.54, 1.807) is 29.6 Å². The molecule has 0 amide bonds. The molecule has 1 aromatic heterocycles. The second-order valence-electron chi connectivity index (χ2n) is 5.11. The first-order valence-electron chi connectivity index (χ1n) is 7.01. The van der Waals surface area contributed by atoms with Gasteiger partial charge in [-0.15, -0.1) is 11.3 Å². The maximum Gasteiger partial charge on any atom is 0.252 e. The molecule has 2 aromatic rings. The first-order valence-corrected chi connectivity index (χ1v) is 9.33. The molecule has 118 valence electrons. The molecule has 22 heavy (non-hydrogen) atoms. The maximum atomic E-state index is 12.9. The van der Waals surface area contributed by atoms with Crippen LogP contribution in [0.25, 0.3) is 0 Å². The van der Waals surface area contributed by atoms with Crippen molar-refractivity contribution in [2.75, 3.05) is 13.1 Å². The first kappa shape index (κ1) is 15.5. The lowest BCUT2D eigenvalue weighted by molar-refractivity contribution is 0.135. The predicted molar refractivity (Wildman–Crippen MR) is 83.1 cm³/mol. The molecule has 4 nitrogen and oxygen atoms in total. The van der Waals surface area contributed by atoms with Crippen LogP contribution >= 0.6 is 11.3 Å². The van der Waals surface area contributed by atoms with Gasteiger partial charge in [-0.1, -0.05) is 6.07 Å². The topological polar surface area (TPSA) is 46.6 Å². The monoisotopic (exact) mass is 341 g/mol. The summed E-state index contributed by atoms with van der Waals surface area (Å²) in [6, 6.07) is 9.24. The number of nitrogens with zero attached hydrogens (tertiary/aromatic N) is 1. The summed E-state index contributed by atoms with van der Waals surface area (Å²) in [6.45, 7) is 0.873. The Balaban J connectivity index is 1.60. The Morgan fingerprint density at radius 2 is 1.82 bits per heavy atom. The third-order valence-electron chi connectivity index (χ3n) is 3.61. The van der Waals surface area contributed by atoms with Gasteiger partial charge in [0, 0.05) is 13.1 Å². The molecular formula is C15H16FNO3S2. The molecule has 0 N–H and O–H groups in total. The summed E-state index contributed by atoms with van der Waals surface area (Å²) in [7, 11) is -3.37. The van der Waals surface area contributed by atoms with Crippen LogP contribution in [0.5, 0.6) is 5.75 Å². The van der Waals surface area contributed by atoms with Crippen LogP contribution in [0.2, 0.25) is 0 Å². The van der Waals surface area contributed by atoms with Crippen molar-refractivity contribution in [3.8, 4) is 5.75 Å². The quantitative estimate of drug-likeness (QED) is 0.858. The highest BCUT2D eigenvalue weighted by molar-refractivity contribution is 7.91. The Labute approximate surface area is 133 Å². The average molecular weight is 341 g/mol. The van der Waals surface area contributed by atoms with Crippen LogP contribution in [0.4, 0.5) is 4.39 Å². The van der Waals surface area contributed by atoms with Gasteiger partial charge in [-0.2, -0.15) is 4.31 Å². The lowest BCUT2D eigenvalue weighted by atomic mass is 10.1.